The molecule has 4 aromatic rings. The molecule has 0 aliphatic carbocycles. The number of fused-ring (bicyclic) bond motifs is 3. The van der Waals surface area contributed by atoms with Gasteiger partial charge in [0.15, 0.2) is 5.13 Å². The molecule has 0 unspecified atom stereocenters. The molecular formula is C22H23FN6O2S. The van der Waals surface area contributed by atoms with E-state index < -0.39 is 12.2 Å². The number of hydrogen-bond acceptors (Lipinski definition) is 6. The molecule has 0 spiro atoms. The van der Waals surface area contributed by atoms with Crippen LogP contribution in [0.5, 0.6) is 0 Å². The van der Waals surface area contributed by atoms with Crippen LogP contribution >= 0.6 is 11.3 Å². The van der Waals surface area contributed by atoms with Crippen LogP contribution in [0.15, 0.2) is 36.5 Å². The number of rotatable bonds is 6. The third-order valence-corrected chi connectivity index (χ3v) is 6.07. The second-order valence-corrected chi connectivity index (χ2v) is 9.18. The highest BCUT2D eigenvalue weighted by Crippen LogP contribution is 2.35. The van der Waals surface area contributed by atoms with Gasteiger partial charge in [0.25, 0.3) is 11.8 Å². The average molecular weight is 455 g/mol. The molecule has 0 atom stereocenters. The van der Waals surface area contributed by atoms with Gasteiger partial charge in [0.05, 0.1) is 21.9 Å². The van der Waals surface area contributed by atoms with Crippen LogP contribution in [0.2, 0.25) is 0 Å². The molecule has 10 heteroatoms. The Morgan fingerprint density at radius 3 is 2.75 bits per heavy atom. The summed E-state index contributed by atoms with van der Waals surface area (Å²) in [4.78, 5) is 31.2. The Labute approximate surface area is 187 Å². The van der Waals surface area contributed by atoms with E-state index in [4.69, 9.17) is 0 Å². The molecule has 0 aliphatic heterocycles. The highest BCUT2D eigenvalue weighted by molar-refractivity contribution is 7.23. The molecule has 0 aliphatic rings. The number of benzene rings is 2. The van der Waals surface area contributed by atoms with E-state index >= 15 is 0 Å². The smallest absolute Gasteiger partial charge is 0.253 e. The van der Waals surface area contributed by atoms with Crippen molar-refractivity contribution in [1.82, 2.24) is 20.1 Å². The summed E-state index contributed by atoms with van der Waals surface area (Å²) in [5, 5.41) is 14.1. The van der Waals surface area contributed by atoms with Gasteiger partial charge in [0, 0.05) is 36.3 Å². The van der Waals surface area contributed by atoms with Crippen LogP contribution in [-0.2, 0) is 11.5 Å². The third-order valence-electron chi connectivity index (χ3n) is 5.07. The number of nitrogens with one attached hydrogen (secondary N) is 3. The lowest BCUT2D eigenvalue weighted by Gasteiger charge is -2.26. The van der Waals surface area contributed by atoms with Gasteiger partial charge in [0.1, 0.15) is 12.2 Å². The minimum Gasteiger partial charge on any atom is -0.372 e. The van der Waals surface area contributed by atoms with Gasteiger partial charge in [-0.25, -0.2) is 9.37 Å². The van der Waals surface area contributed by atoms with Gasteiger partial charge in [0.2, 0.25) is 0 Å². The zero-order chi connectivity index (χ0) is 23.0. The zero-order valence-electron chi connectivity index (χ0n) is 18.1. The summed E-state index contributed by atoms with van der Waals surface area (Å²) in [6.45, 7) is 2.80. The van der Waals surface area contributed by atoms with Crippen LogP contribution in [0, 0.1) is 0 Å². The minimum atomic E-state index is -1.01. The Morgan fingerprint density at radius 2 is 2.03 bits per heavy atom. The number of H-pyrrole nitrogens is 1. The van der Waals surface area contributed by atoms with E-state index in [-0.39, 0.29) is 11.8 Å². The predicted octanol–water partition coefficient (Wildman–Crippen LogP) is 4.17. The Morgan fingerprint density at radius 1 is 1.25 bits per heavy atom. The van der Waals surface area contributed by atoms with Crippen molar-refractivity contribution in [2.75, 3.05) is 24.7 Å². The van der Waals surface area contributed by atoms with Crippen LogP contribution in [0.4, 0.5) is 15.2 Å². The van der Waals surface area contributed by atoms with Crippen molar-refractivity contribution >= 4 is 55.1 Å². The molecule has 0 fully saturated rings. The van der Waals surface area contributed by atoms with E-state index in [1.165, 1.54) is 16.2 Å². The van der Waals surface area contributed by atoms with E-state index in [0.29, 0.717) is 27.5 Å². The van der Waals surface area contributed by atoms with Crippen LogP contribution in [0.3, 0.4) is 0 Å². The highest BCUT2D eigenvalue weighted by Gasteiger charge is 2.29. The highest BCUT2D eigenvalue weighted by atomic mass is 32.1. The first-order valence-corrected chi connectivity index (χ1v) is 10.7. The number of alkyl halides is 1. The molecule has 8 nitrogen and oxygen atoms in total. The molecule has 32 heavy (non-hydrogen) atoms. The quantitative estimate of drug-likeness (QED) is 0.406. The minimum absolute atomic E-state index is 0.125. The van der Waals surface area contributed by atoms with E-state index in [1.807, 2.05) is 0 Å². The molecule has 0 radical (unpaired) electrons. The number of halogens is 1. The van der Waals surface area contributed by atoms with Gasteiger partial charge in [-0.3, -0.25) is 20.0 Å². The summed E-state index contributed by atoms with van der Waals surface area (Å²) >= 11 is 1.27. The Kier molecular flexibility index (Phi) is 5.55. The summed E-state index contributed by atoms with van der Waals surface area (Å²) in [6.07, 6.45) is 1.66. The Hall–Kier alpha value is -3.53. The van der Waals surface area contributed by atoms with Gasteiger partial charge in [-0.05, 0) is 38.1 Å². The van der Waals surface area contributed by atoms with Gasteiger partial charge in [-0.15, -0.1) is 0 Å². The lowest BCUT2D eigenvalue weighted by Crippen LogP contribution is -2.44. The fourth-order valence-corrected chi connectivity index (χ4v) is 4.38. The van der Waals surface area contributed by atoms with Gasteiger partial charge >= 0.3 is 0 Å². The number of aromatic nitrogens is 3. The third kappa shape index (κ3) is 4.01. The van der Waals surface area contributed by atoms with Crippen molar-refractivity contribution in [3.8, 4) is 0 Å². The largest absolute Gasteiger partial charge is 0.372 e. The normalized spacial score (nSPS) is 11.7. The topological polar surface area (TPSA) is 103 Å². The molecule has 166 valence electrons. The number of nitrogens with zero attached hydrogens (tertiary/aromatic N) is 3. The average Bonchev–Trinajstić information content (AvgIpc) is 3.38. The fourth-order valence-electron chi connectivity index (χ4n) is 3.36. The van der Waals surface area contributed by atoms with Crippen LogP contribution in [-0.4, -0.2) is 51.5 Å². The first-order chi connectivity index (χ1) is 15.2. The molecule has 3 N–H and O–H groups in total. The number of hydrogen-bond donors (Lipinski definition) is 3. The number of aromatic amines is 1. The number of amides is 2. The van der Waals surface area contributed by atoms with E-state index in [1.54, 1.807) is 64.5 Å². The standard InChI is InChI=1S/C22H23FN6O2S/c1-22(2,27-14-7-5-6-12(8-14)19(30)29(3)4)20(31)26-21-25-17-13(10-23)9-16-15(11-24-28-16)18(17)32-21/h5-9,11,27H,10H2,1-4H3,(H,24,28)(H,25,26,31). The summed E-state index contributed by atoms with van der Waals surface area (Å²) in [6, 6.07) is 8.67. The lowest BCUT2D eigenvalue weighted by atomic mass is 10.0. The molecule has 2 amide bonds. The second kappa shape index (κ2) is 8.19. The Bertz CT molecular complexity index is 1330. The summed E-state index contributed by atoms with van der Waals surface area (Å²) < 4.78 is 14.3. The number of carbonyl (C=O) groups is 2. The molecule has 0 saturated carbocycles. The van der Waals surface area contributed by atoms with Crippen molar-refractivity contribution in [2.24, 2.45) is 0 Å². The molecule has 2 aromatic carbocycles. The molecule has 4 rings (SSSR count). The monoisotopic (exact) mass is 454 g/mol. The maximum Gasteiger partial charge on any atom is 0.253 e. The first kappa shape index (κ1) is 21.7. The van der Waals surface area contributed by atoms with Crippen molar-refractivity contribution in [1.29, 1.82) is 0 Å². The molecule has 2 aromatic heterocycles. The first-order valence-electron chi connectivity index (χ1n) is 9.92. The van der Waals surface area contributed by atoms with Crippen LogP contribution < -0.4 is 10.6 Å². The Balaban J connectivity index is 1.57. The van der Waals surface area contributed by atoms with Crippen molar-refractivity contribution in [3.05, 3.63) is 47.7 Å². The maximum absolute atomic E-state index is 13.5. The molecular weight excluding hydrogens is 431 g/mol. The van der Waals surface area contributed by atoms with Crippen molar-refractivity contribution in [2.45, 2.75) is 26.1 Å². The number of anilines is 2. The fraction of sp³-hybridized carbons (Fsp3) is 0.273. The number of thiazole rings is 1. The van der Waals surface area contributed by atoms with Crippen molar-refractivity contribution < 1.29 is 14.0 Å². The van der Waals surface area contributed by atoms with Gasteiger partial charge in [-0.2, -0.15) is 5.10 Å². The summed E-state index contributed by atoms with van der Waals surface area (Å²) in [5.74, 6) is -0.439. The summed E-state index contributed by atoms with van der Waals surface area (Å²) in [7, 11) is 3.37. The lowest BCUT2D eigenvalue weighted by molar-refractivity contribution is -0.119. The van der Waals surface area contributed by atoms with E-state index in [0.717, 1.165) is 15.6 Å². The van der Waals surface area contributed by atoms with Gasteiger partial charge < -0.3 is 10.2 Å². The van der Waals surface area contributed by atoms with E-state index in [9.17, 15) is 14.0 Å². The van der Waals surface area contributed by atoms with E-state index in [2.05, 4.69) is 25.8 Å². The predicted molar refractivity (Wildman–Crippen MR) is 125 cm³/mol. The second-order valence-electron chi connectivity index (χ2n) is 8.18. The molecule has 0 saturated heterocycles. The van der Waals surface area contributed by atoms with Crippen LogP contribution in [0.1, 0.15) is 29.8 Å². The SMILES string of the molecule is CN(C)C(=O)c1cccc(NC(C)(C)C(=O)Nc2nc3c(CF)cc4[nH]ncc4c3s2)c1. The van der Waals surface area contributed by atoms with Crippen LogP contribution in [0.25, 0.3) is 21.1 Å². The molecule has 0 bridgehead atoms. The summed E-state index contributed by atoms with van der Waals surface area (Å²) in [5.41, 5.74) is 1.83. The zero-order valence-corrected chi connectivity index (χ0v) is 18.9. The number of carbonyl (C=O) groups excluding carboxylic acids is 2. The molecule has 2 heterocycles. The maximum atomic E-state index is 13.5. The van der Waals surface area contributed by atoms with Crippen molar-refractivity contribution in [3.63, 3.8) is 0 Å². The van der Waals surface area contributed by atoms with Gasteiger partial charge in [-0.1, -0.05) is 17.4 Å².